The van der Waals surface area contributed by atoms with E-state index in [1.54, 1.807) is 0 Å². The van der Waals surface area contributed by atoms with E-state index in [-0.39, 0.29) is 12.4 Å². The lowest BCUT2D eigenvalue weighted by Crippen LogP contribution is -2.03. The van der Waals surface area contributed by atoms with Gasteiger partial charge in [-0.15, -0.1) is 12.4 Å². The molecule has 2 heteroatoms. The molecule has 0 aliphatic carbocycles. The van der Waals surface area contributed by atoms with Crippen molar-refractivity contribution in [1.29, 1.82) is 0 Å². The molecule has 64 valence electrons. The van der Waals surface area contributed by atoms with Crippen molar-refractivity contribution in [3.8, 4) is 0 Å². The van der Waals surface area contributed by atoms with Crippen LogP contribution in [0.4, 0.5) is 0 Å². The van der Waals surface area contributed by atoms with Gasteiger partial charge in [-0.2, -0.15) is 0 Å². The van der Waals surface area contributed by atoms with Crippen LogP contribution in [0, 0.1) is 5.92 Å². The predicted molar refractivity (Wildman–Crippen MR) is 49.6 cm³/mol. The molecule has 0 aliphatic heterocycles. The predicted octanol–water partition coefficient (Wildman–Crippen LogP) is 2.58. The van der Waals surface area contributed by atoms with Crippen LogP contribution in [-0.2, 0) is 0 Å². The molecular formula is C8H20ClN. The minimum Gasteiger partial charge on any atom is -0.330 e. The molecule has 0 rings (SSSR count). The topological polar surface area (TPSA) is 26.0 Å². The van der Waals surface area contributed by atoms with Crippen LogP contribution in [0.1, 0.15) is 39.5 Å². The molecule has 0 aromatic carbocycles. The van der Waals surface area contributed by atoms with Crippen molar-refractivity contribution < 1.29 is 0 Å². The Kier molecular flexibility index (Phi) is 11.9. The highest BCUT2D eigenvalue weighted by Gasteiger charge is 2.00. The first-order chi connectivity index (χ1) is 4.35. The van der Waals surface area contributed by atoms with Gasteiger partial charge in [-0.3, -0.25) is 0 Å². The minimum absolute atomic E-state index is 0. The molecule has 2 N–H and O–H groups in total. The number of hydrogen-bond acceptors (Lipinski definition) is 1. The zero-order valence-corrected chi connectivity index (χ0v) is 7.91. The molecule has 0 saturated heterocycles. The first kappa shape index (κ1) is 12.9. The summed E-state index contributed by atoms with van der Waals surface area (Å²) in [7, 11) is 0. The lowest BCUT2D eigenvalue weighted by molar-refractivity contribution is 0.444. The Morgan fingerprint density at radius 3 is 2.00 bits per heavy atom. The van der Waals surface area contributed by atoms with Crippen molar-refractivity contribution in [1.82, 2.24) is 0 Å². The third-order valence-electron chi connectivity index (χ3n) is 1.97. The van der Waals surface area contributed by atoms with Crippen molar-refractivity contribution in [2.45, 2.75) is 39.5 Å². The highest BCUT2D eigenvalue weighted by atomic mass is 35.5. The van der Waals surface area contributed by atoms with Crippen LogP contribution in [0.15, 0.2) is 0 Å². The van der Waals surface area contributed by atoms with E-state index in [9.17, 15) is 0 Å². The average molecular weight is 166 g/mol. The highest BCUT2D eigenvalue weighted by Crippen LogP contribution is 2.13. The zero-order valence-electron chi connectivity index (χ0n) is 7.10. The molecule has 0 heterocycles. The molecule has 0 saturated carbocycles. The van der Waals surface area contributed by atoms with Crippen LogP contribution in [0.2, 0.25) is 0 Å². The van der Waals surface area contributed by atoms with E-state index < -0.39 is 0 Å². The van der Waals surface area contributed by atoms with Gasteiger partial charge in [-0.25, -0.2) is 0 Å². The van der Waals surface area contributed by atoms with E-state index in [1.165, 1.54) is 25.7 Å². The molecule has 10 heavy (non-hydrogen) atoms. The molecule has 0 bridgehead atoms. The van der Waals surface area contributed by atoms with E-state index in [0.29, 0.717) is 0 Å². The Morgan fingerprint density at radius 1 is 1.20 bits per heavy atom. The van der Waals surface area contributed by atoms with Gasteiger partial charge in [-0.1, -0.05) is 26.7 Å². The molecule has 0 radical (unpaired) electrons. The summed E-state index contributed by atoms with van der Waals surface area (Å²) in [5, 5.41) is 0. The molecule has 0 aromatic heterocycles. The zero-order chi connectivity index (χ0) is 7.11. The van der Waals surface area contributed by atoms with E-state index in [1.807, 2.05) is 0 Å². The Labute approximate surface area is 70.8 Å². The standard InChI is InChI=1S/C8H19N.ClH/c1-3-8(4-2)6-5-7-9;/h8H,3-7,9H2,1-2H3;1H. The molecule has 1 nitrogen and oxygen atoms in total. The molecule has 0 atom stereocenters. The van der Waals surface area contributed by atoms with E-state index >= 15 is 0 Å². The van der Waals surface area contributed by atoms with Crippen molar-refractivity contribution in [2.24, 2.45) is 11.7 Å². The van der Waals surface area contributed by atoms with Gasteiger partial charge in [0.25, 0.3) is 0 Å². The first-order valence-electron chi connectivity index (χ1n) is 4.05. The second kappa shape index (κ2) is 9.25. The molecular weight excluding hydrogens is 146 g/mol. The Morgan fingerprint density at radius 2 is 1.70 bits per heavy atom. The van der Waals surface area contributed by atoms with E-state index in [2.05, 4.69) is 13.8 Å². The van der Waals surface area contributed by atoms with Crippen molar-refractivity contribution in [3.05, 3.63) is 0 Å². The lowest BCUT2D eigenvalue weighted by atomic mass is 9.98. The monoisotopic (exact) mass is 165 g/mol. The number of rotatable bonds is 5. The number of halogens is 1. The van der Waals surface area contributed by atoms with E-state index in [4.69, 9.17) is 5.73 Å². The fourth-order valence-electron chi connectivity index (χ4n) is 1.10. The van der Waals surface area contributed by atoms with Gasteiger partial charge in [0.05, 0.1) is 0 Å². The quantitative estimate of drug-likeness (QED) is 0.666. The number of hydrogen-bond donors (Lipinski definition) is 1. The molecule has 0 amide bonds. The van der Waals surface area contributed by atoms with Crippen molar-refractivity contribution >= 4 is 12.4 Å². The van der Waals surface area contributed by atoms with Crippen molar-refractivity contribution in [3.63, 3.8) is 0 Å². The smallest absolute Gasteiger partial charge is 0.00772 e. The fraction of sp³-hybridized carbons (Fsp3) is 1.00. The molecule has 0 aromatic rings. The van der Waals surface area contributed by atoms with Gasteiger partial charge in [0.15, 0.2) is 0 Å². The van der Waals surface area contributed by atoms with Crippen LogP contribution in [0.3, 0.4) is 0 Å². The van der Waals surface area contributed by atoms with Crippen LogP contribution < -0.4 is 5.73 Å². The fourth-order valence-corrected chi connectivity index (χ4v) is 1.10. The molecule has 0 unspecified atom stereocenters. The summed E-state index contributed by atoms with van der Waals surface area (Å²) in [4.78, 5) is 0. The summed E-state index contributed by atoms with van der Waals surface area (Å²) < 4.78 is 0. The Balaban J connectivity index is 0. The van der Waals surface area contributed by atoms with Crippen molar-refractivity contribution in [2.75, 3.05) is 6.54 Å². The normalized spacial score (nSPS) is 9.60. The van der Waals surface area contributed by atoms with Crippen LogP contribution in [0.25, 0.3) is 0 Å². The maximum Gasteiger partial charge on any atom is -0.00772 e. The molecule has 0 aliphatic rings. The summed E-state index contributed by atoms with van der Waals surface area (Å²) in [5.74, 6) is 0.925. The van der Waals surface area contributed by atoms with Gasteiger partial charge in [0.1, 0.15) is 0 Å². The van der Waals surface area contributed by atoms with Gasteiger partial charge < -0.3 is 5.73 Å². The van der Waals surface area contributed by atoms with Gasteiger partial charge in [0.2, 0.25) is 0 Å². The Hall–Kier alpha value is 0.250. The average Bonchev–Trinajstić information content (AvgIpc) is 1.91. The summed E-state index contributed by atoms with van der Waals surface area (Å²) >= 11 is 0. The second-order valence-electron chi connectivity index (χ2n) is 2.61. The Bertz CT molecular complexity index is 53.2. The molecule has 0 spiro atoms. The SMILES string of the molecule is CCC(CC)CCCN.Cl. The van der Waals surface area contributed by atoms with Crippen LogP contribution in [0.5, 0.6) is 0 Å². The highest BCUT2D eigenvalue weighted by molar-refractivity contribution is 5.85. The molecule has 0 fully saturated rings. The first-order valence-corrected chi connectivity index (χ1v) is 4.05. The summed E-state index contributed by atoms with van der Waals surface area (Å²) in [5.41, 5.74) is 5.39. The van der Waals surface area contributed by atoms with Gasteiger partial charge in [-0.05, 0) is 25.3 Å². The maximum absolute atomic E-state index is 5.39. The van der Waals surface area contributed by atoms with Gasteiger partial charge in [0, 0.05) is 0 Å². The third kappa shape index (κ3) is 6.37. The van der Waals surface area contributed by atoms with Crippen LogP contribution in [-0.4, -0.2) is 6.54 Å². The second-order valence-corrected chi connectivity index (χ2v) is 2.61. The van der Waals surface area contributed by atoms with Gasteiger partial charge >= 0.3 is 0 Å². The van der Waals surface area contributed by atoms with E-state index in [0.717, 1.165) is 12.5 Å². The largest absolute Gasteiger partial charge is 0.330 e. The van der Waals surface area contributed by atoms with Crippen LogP contribution >= 0.6 is 12.4 Å². The summed E-state index contributed by atoms with van der Waals surface area (Å²) in [6.07, 6.45) is 5.16. The summed E-state index contributed by atoms with van der Waals surface area (Å²) in [6, 6.07) is 0. The third-order valence-corrected chi connectivity index (χ3v) is 1.97. The summed E-state index contributed by atoms with van der Waals surface area (Å²) in [6.45, 7) is 5.37. The lowest BCUT2D eigenvalue weighted by Gasteiger charge is -2.09. The minimum atomic E-state index is 0. The number of nitrogens with two attached hydrogens (primary N) is 1. The maximum atomic E-state index is 5.39.